The first kappa shape index (κ1) is 14.7. The van der Waals surface area contributed by atoms with Crippen molar-refractivity contribution < 1.29 is 22.7 Å². The van der Waals surface area contributed by atoms with Crippen LogP contribution in [-0.2, 0) is 19.5 Å². The minimum atomic E-state index is -3.96. The van der Waals surface area contributed by atoms with Crippen molar-refractivity contribution in [3.05, 3.63) is 27.2 Å². The molecular formula is C10H9BrClNO5S. The molecule has 1 saturated heterocycles. The van der Waals surface area contributed by atoms with E-state index in [0.29, 0.717) is 13.2 Å². The molecule has 19 heavy (non-hydrogen) atoms. The Kier molecular flexibility index (Phi) is 4.17. The van der Waals surface area contributed by atoms with Gasteiger partial charge >= 0.3 is 5.97 Å². The summed E-state index contributed by atoms with van der Waals surface area (Å²) in [6.07, 6.45) is -0.329. The van der Waals surface area contributed by atoms with E-state index in [4.69, 9.17) is 26.2 Å². The summed E-state index contributed by atoms with van der Waals surface area (Å²) in [7, 11) is -3.96. The van der Waals surface area contributed by atoms with Gasteiger partial charge in [0.2, 0.25) is 10.0 Å². The van der Waals surface area contributed by atoms with E-state index in [1.165, 1.54) is 6.07 Å². The fourth-order valence-electron chi connectivity index (χ4n) is 1.40. The van der Waals surface area contributed by atoms with Gasteiger partial charge in [-0.05, 0) is 28.1 Å². The van der Waals surface area contributed by atoms with Gasteiger partial charge in [-0.3, -0.25) is 0 Å². The molecule has 1 aromatic rings. The summed E-state index contributed by atoms with van der Waals surface area (Å²) in [5.41, 5.74) is -0.0548. The maximum absolute atomic E-state index is 11.8. The van der Waals surface area contributed by atoms with Gasteiger partial charge in [0.15, 0.2) is 0 Å². The summed E-state index contributed by atoms with van der Waals surface area (Å²) in [5, 5.41) is 5.12. The second-order valence-corrected chi connectivity index (χ2v) is 6.66. The molecule has 0 radical (unpaired) electrons. The molecule has 0 spiro atoms. The minimum absolute atomic E-state index is 0.0548. The first-order valence-electron chi connectivity index (χ1n) is 5.09. The third kappa shape index (κ3) is 3.26. The number of carbonyl (C=O) groups is 1. The van der Waals surface area contributed by atoms with E-state index in [1.807, 2.05) is 0 Å². The molecule has 0 unspecified atom stereocenters. The number of sulfonamides is 1. The standard InChI is InChI=1S/C10H9BrClNO5S/c11-7-2-8(12)6(1-9(7)19(13,15)16)10(14)18-5-3-17-4-5/h1-2,5H,3-4H2,(H2,13,15,16). The summed E-state index contributed by atoms with van der Waals surface area (Å²) in [4.78, 5) is 11.6. The van der Waals surface area contributed by atoms with E-state index in [0.717, 1.165) is 6.07 Å². The molecule has 6 nitrogen and oxygen atoms in total. The van der Waals surface area contributed by atoms with Crippen molar-refractivity contribution in [2.45, 2.75) is 11.0 Å². The highest BCUT2D eigenvalue weighted by Crippen LogP contribution is 2.29. The van der Waals surface area contributed by atoms with E-state index in [2.05, 4.69) is 15.9 Å². The Labute approximate surface area is 123 Å². The van der Waals surface area contributed by atoms with Gasteiger partial charge < -0.3 is 9.47 Å². The van der Waals surface area contributed by atoms with Crippen LogP contribution in [0.25, 0.3) is 0 Å². The molecule has 104 valence electrons. The van der Waals surface area contributed by atoms with Crippen LogP contribution in [0.3, 0.4) is 0 Å². The van der Waals surface area contributed by atoms with Crippen molar-refractivity contribution >= 4 is 43.5 Å². The number of halogens is 2. The summed E-state index contributed by atoms with van der Waals surface area (Å²) < 4.78 is 32.8. The number of hydrogen-bond donors (Lipinski definition) is 1. The lowest BCUT2D eigenvalue weighted by molar-refractivity contribution is -0.103. The molecule has 0 saturated carbocycles. The van der Waals surface area contributed by atoms with Gasteiger partial charge in [0.05, 0.1) is 28.7 Å². The third-order valence-corrected chi connectivity index (χ3v) is 4.61. The van der Waals surface area contributed by atoms with Crippen molar-refractivity contribution in [2.24, 2.45) is 5.14 Å². The highest BCUT2D eigenvalue weighted by atomic mass is 79.9. The fraction of sp³-hybridized carbons (Fsp3) is 0.300. The van der Waals surface area contributed by atoms with Crippen molar-refractivity contribution in [3.8, 4) is 0 Å². The number of benzene rings is 1. The van der Waals surface area contributed by atoms with Gasteiger partial charge in [-0.1, -0.05) is 11.6 Å². The number of esters is 1. The first-order valence-corrected chi connectivity index (χ1v) is 7.81. The lowest BCUT2D eigenvalue weighted by atomic mass is 10.2. The summed E-state index contributed by atoms with van der Waals surface area (Å²) in [5.74, 6) is -0.712. The molecule has 9 heteroatoms. The predicted octanol–water partition coefficient (Wildman–Crippen LogP) is 1.31. The van der Waals surface area contributed by atoms with Crippen molar-refractivity contribution in [1.29, 1.82) is 0 Å². The van der Waals surface area contributed by atoms with Gasteiger partial charge in [-0.25, -0.2) is 18.4 Å². The summed E-state index contributed by atoms with van der Waals surface area (Å²) >= 11 is 8.92. The van der Waals surface area contributed by atoms with Gasteiger partial charge in [0.25, 0.3) is 0 Å². The van der Waals surface area contributed by atoms with Crippen molar-refractivity contribution in [1.82, 2.24) is 0 Å². The third-order valence-electron chi connectivity index (χ3n) is 2.43. The Balaban J connectivity index is 2.36. The monoisotopic (exact) mass is 369 g/mol. The Morgan fingerprint density at radius 1 is 1.47 bits per heavy atom. The van der Waals surface area contributed by atoms with Gasteiger partial charge in [-0.15, -0.1) is 0 Å². The van der Waals surface area contributed by atoms with Gasteiger partial charge in [0, 0.05) is 4.47 Å². The maximum Gasteiger partial charge on any atom is 0.340 e. The van der Waals surface area contributed by atoms with Crippen LogP contribution in [0.5, 0.6) is 0 Å². The zero-order valence-corrected chi connectivity index (χ0v) is 12.6. The topological polar surface area (TPSA) is 95.7 Å². The largest absolute Gasteiger partial charge is 0.454 e. The summed E-state index contributed by atoms with van der Waals surface area (Å²) in [6.45, 7) is 0.643. The number of ether oxygens (including phenoxy) is 2. The molecule has 1 aromatic carbocycles. The van der Waals surface area contributed by atoms with Crippen LogP contribution in [0, 0.1) is 0 Å². The molecule has 1 aliphatic heterocycles. The Morgan fingerprint density at radius 2 is 2.11 bits per heavy atom. The van der Waals surface area contributed by atoms with Gasteiger partial charge in [0.1, 0.15) is 6.10 Å². The number of carbonyl (C=O) groups excluding carboxylic acids is 1. The highest BCUT2D eigenvalue weighted by molar-refractivity contribution is 9.10. The van der Waals surface area contributed by atoms with E-state index in [1.54, 1.807) is 0 Å². The molecule has 0 bridgehead atoms. The van der Waals surface area contributed by atoms with Crippen molar-refractivity contribution in [2.75, 3.05) is 13.2 Å². The average molecular weight is 371 g/mol. The molecule has 0 atom stereocenters. The van der Waals surface area contributed by atoms with E-state index in [-0.39, 0.29) is 26.1 Å². The average Bonchev–Trinajstić information content (AvgIpc) is 2.21. The number of nitrogens with two attached hydrogens (primary N) is 1. The maximum atomic E-state index is 11.8. The van der Waals surface area contributed by atoms with E-state index in [9.17, 15) is 13.2 Å². The molecule has 1 heterocycles. The summed E-state index contributed by atoms with van der Waals surface area (Å²) in [6, 6.07) is 2.37. The first-order chi connectivity index (χ1) is 8.79. The Morgan fingerprint density at radius 3 is 2.58 bits per heavy atom. The Hall–Kier alpha value is -0.670. The molecular weight excluding hydrogens is 362 g/mol. The highest BCUT2D eigenvalue weighted by Gasteiger charge is 2.26. The predicted molar refractivity (Wildman–Crippen MR) is 70.5 cm³/mol. The van der Waals surface area contributed by atoms with Crippen molar-refractivity contribution in [3.63, 3.8) is 0 Å². The Bertz CT molecular complexity index is 629. The second-order valence-electron chi connectivity index (χ2n) is 3.87. The molecule has 2 N–H and O–H groups in total. The number of hydrogen-bond acceptors (Lipinski definition) is 5. The van der Waals surface area contributed by atoms with Gasteiger partial charge in [-0.2, -0.15) is 0 Å². The lowest BCUT2D eigenvalue weighted by Crippen LogP contribution is -2.37. The quantitative estimate of drug-likeness (QED) is 0.809. The number of rotatable bonds is 3. The van der Waals surface area contributed by atoms with Crippen LogP contribution >= 0.6 is 27.5 Å². The fourth-order valence-corrected chi connectivity index (χ4v) is 3.41. The minimum Gasteiger partial charge on any atom is -0.454 e. The molecule has 2 rings (SSSR count). The van der Waals surface area contributed by atoms with Crippen LogP contribution in [0.15, 0.2) is 21.5 Å². The molecule has 1 aliphatic rings. The molecule has 0 aromatic heterocycles. The second kappa shape index (κ2) is 5.37. The van der Waals surface area contributed by atoms with Crippen LogP contribution in [0.2, 0.25) is 5.02 Å². The van der Waals surface area contributed by atoms with Crippen LogP contribution in [-0.4, -0.2) is 33.7 Å². The van der Waals surface area contributed by atoms with E-state index >= 15 is 0 Å². The zero-order valence-electron chi connectivity index (χ0n) is 9.43. The SMILES string of the molecule is NS(=O)(=O)c1cc(C(=O)OC2COC2)c(Cl)cc1Br. The lowest BCUT2D eigenvalue weighted by Gasteiger charge is -2.25. The van der Waals surface area contributed by atoms with Crippen LogP contribution in [0.1, 0.15) is 10.4 Å². The number of primary sulfonamides is 1. The normalized spacial score (nSPS) is 15.9. The van der Waals surface area contributed by atoms with E-state index < -0.39 is 16.0 Å². The molecule has 0 aliphatic carbocycles. The molecule has 1 fully saturated rings. The van der Waals surface area contributed by atoms with Crippen LogP contribution in [0.4, 0.5) is 0 Å². The molecule has 0 amide bonds. The zero-order chi connectivity index (χ0) is 14.2. The van der Waals surface area contributed by atoms with Crippen LogP contribution < -0.4 is 5.14 Å². The smallest absolute Gasteiger partial charge is 0.340 e.